The van der Waals surface area contributed by atoms with Crippen molar-refractivity contribution in [2.75, 3.05) is 0 Å². The second-order valence-electron chi connectivity index (χ2n) is 6.93. The van der Waals surface area contributed by atoms with E-state index in [1.54, 1.807) is 0 Å². The summed E-state index contributed by atoms with van der Waals surface area (Å²) in [7, 11) is -2.48. The minimum Gasteiger partial charge on any atom is -0.355 e. The molecule has 0 fully saturated rings. The minimum absolute atomic E-state index is 0.795. The number of rotatable bonds is 0. The zero-order valence-electron chi connectivity index (χ0n) is 13.4. The molecular formula is C20H11N4OP. The van der Waals surface area contributed by atoms with Gasteiger partial charge in [0.2, 0.25) is 0 Å². The Labute approximate surface area is 147 Å². The maximum Gasteiger partial charge on any atom is 0.181 e. The molecule has 6 heteroatoms. The van der Waals surface area contributed by atoms with Crippen molar-refractivity contribution >= 4 is 57.3 Å². The molecule has 3 aromatic heterocycles. The van der Waals surface area contributed by atoms with E-state index in [-0.39, 0.29) is 0 Å². The Morgan fingerprint density at radius 1 is 0.769 bits per heavy atom. The summed E-state index contributed by atoms with van der Waals surface area (Å²) in [6.07, 6.45) is 3.91. The molecule has 8 heterocycles. The molecule has 26 heavy (non-hydrogen) atoms. The van der Waals surface area contributed by atoms with Gasteiger partial charge in [-0.05, 0) is 54.6 Å². The Hall–Kier alpha value is -3.17. The van der Waals surface area contributed by atoms with Gasteiger partial charge in [-0.25, -0.2) is 9.97 Å². The smallest absolute Gasteiger partial charge is 0.181 e. The maximum absolute atomic E-state index is 13.3. The van der Waals surface area contributed by atoms with E-state index in [1.807, 2.05) is 48.6 Å². The standard InChI is InChI=1S/C20H11N4OP/c25-26-18-15-6-5-13(23-15)8-12-2-1-10(21-12)7-11-3-4-14(22-11)9-16-19(26)20(26)17(18)24-16/h1-9,21-22H. The van der Waals surface area contributed by atoms with Gasteiger partial charge in [-0.15, -0.1) is 0 Å². The van der Waals surface area contributed by atoms with Crippen LogP contribution in [-0.2, 0) is 4.57 Å². The summed E-state index contributed by atoms with van der Waals surface area (Å²) in [6.45, 7) is 0. The lowest BCUT2D eigenvalue weighted by Crippen LogP contribution is -2.18. The number of hydrogen-bond donors (Lipinski definition) is 2. The minimum atomic E-state index is -2.48. The number of nitrogens with zero attached hydrogens (tertiary/aromatic N) is 2. The maximum atomic E-state index is 13.3. The van der Waals surface area contributed by atoms with Crippen molar-refractivity contribution in [3.05, 3.63) is 65.2 Å². The van der Waals surface area contributed by atoms with Gasteiger partial charge in [0.1, 0.15) is 0 Å². The van der Waals surface area contributed by atoms with Crippen molar-refractivity contribution in [1.82, 2.24) is 19.9 Å². The molecule has 5 aliphatic rings. The van der Waals surface area contributed by atoms with Gasteiger partial charge in [0.05, 0.1) is 38.7 Å². The monoisotopic (exact) mass is 354 g/mol. The normalized spacial score (nSPS) is 21.1. The molecule has 0 aromatic carbocycles. The summed E-state index contributed by atoms with van der Waals surface area (Å²) in [5.41, 5.74) is 7.34. The van der Waals surface area contributed by atoms with Crippen LogP contribution in [0.2, 0.25) is 0 Å². The third-order valence-corrected chi connectivity index (χ3v) is 8.31. The average Bonchev–Trinajstić information content (AvgIpc) is 3.22. The summed E-state index contributed by atoms with van der Waals surface area (Å²) in [5.74, 6) is 0. The predicted molar refractivity (Wildman–Crippen MR) is 104 cm³/mol. The lowest BCUT2D eigenvalue weighted by atomic mass is 10.3. The molecule has 3 aromatic rings. The average molecular weight is 354 g/mol. The molecule has 0 radical (unpaired) electrons. The zero-order valence-corrected chi connectivity index (χ0v) is 14.3. The van der Waals surface area contributed by atoms with Gasteiger partial charge in [-0.3, -0.25) is 0 Å². The molecule has 1 unspecified atom stereocenters. The van der Waals surface area contributed by atoms with Gasteiger partial charge in [0.25, 0.3) is 0 Å². The molecule has 2 N–H and O–H groups in total. The summed E-state index contributed by atoms with van der Waals surface area (Å²) >= 11 is 0. The van der Waals surface area contributed by atoms with Crippen molar-refractivity contribution in [3.63, 3.8) is 0 Å². The topological polar surface area (TPSA) is 74.4 Å². The quantitative estimate of drug-likeness (QED) is 0.462. The molecule has 5 nitrogen and oxygen atoms in total. The van der Waals surface area contributed by atoms with E-state index in [1.165, 1.54) is 0 Å². The van der Waals surface area contributed by atoms with Crippen LogP contribution in [0.4, 0.5) is 0 Å². The van der Waals surface area contributed by atoms with Crippen LogP contribution in [0.5, 0.6) is 0 Å². The predicted octanol–water partition coefficient (Wildman–Crippen LogP) is 4.33. The molecule has 0 aliphatic carbocycles. The molecule has 0 saturated heterocycles. The van der Waals surface area contributed by atoms with Gasteiger partial charge in [-0.2, -0.15) is 0 Å². The summed E-state index contributed by atoms with van der Waals surface area (Å²) in [6, 6.07) is 14.2. The highest BCUT2D eigenvalue weighted by atomic mass is 31.2. The van der Waals surface area contributed by atoms with Crippen LogP contribution in [0, 0.1) is 0 Å². The van der Waals surface area contributed by atoms with Crippen molar-refractivity contribution in [3.8, 4) is 0 Å². The first kappa shape index (κ1) is 13.1. The molecule has 122 valence electrons. The fraction of sp³-hybridized carbons (Fsp3) is 0. The van der Waals surface area contributed by atoms with Crippen LogP contribution in [0.25, 0.3) is 44.8 Å². The van der Waals surface area contributed by atoms with Crippen molar-refractivity contribution in [2.24, 2.45) is 0 Å². The molecular weight excluding hydrogens is 343 g/mol. The molecule has 9 bridgehead atoms. The van der Waals surface area contributed by atoms with E-state index >= 15 is 0 Å². The number of nitrogens with one attached hydrogen (secondary N) is 2. The van der Waals surface area contributed by atoms with Crippen LogP contribution in [0.3, 0.4) is 0 Å². The van der Waals surface area contributed by atoms with E-state index in [0.717, 1.165) is 60.8 Å². The molecule has 0 amide bonds. The van der Waals surface area contributed by atoms with E-state index in [4.69, 9.17) is 4.98 Å². The van der Waals surface area contributed by atoms with E-state index in [9.17, 15) is 4.57 Å². The SMILES string of the molecule is O=P12C3=C1c1nc3cc3ccc(cc4ccc(cc5nc(c12)C=C5)[nH]4)[nH]3. The number of hydrogen-bond acceptors (Lipinski definition) is 3. The first-order valence-electron chi connectivity index (χ1n) is 8.46. The molecule has 1 atom stereocenters. The van der Waals surface area contributed by atoms with Gasteiger partial charge < -0.3 is 14.5 Å². The molecule has 0 spiro atoms. The molecule has 8 rings (SSSR count). The van der Waals surface area contributed by atoms with Gasteiger partial charge in [-0.1, -0.05) is 0 Å². The lowest BCUT2D eigenvalue weighted by molar-refractivity contribution is 0.594. The van der Waals surface area contributed by atoms with Crippen LogP contribution >= 0.6 is 7.14 Å². The highest BCUT2D eigenvalue weighted by Crippen LogP contribution is 2.91. The highest BCUT2D eigenvalue weighted by molar-refractivity contribution is 8.02. The number of aromatic nitrogens is 4. The fourth-order valence-corrected chi connectivity index (χ4v) is 7.17. The Balaban J connectivity index is 1.64. The van der Waals surface area contributed by atoms with Gasteiger partial charge in [0.15, 0.2) is 7.14 Å². The van der Waals surface area contributed by atoms with Crippen molar-refractivity contribution in [1.29, 1.82) is 0 Å². The second-order valence-corrected chi connectivity index (χ2v) is 9.49. The number of H-pyrrole nitrogens is 2. The molecule has 5 aliphatic heterocycles. The van der Waals surface area contributed by atoms with Crippen LogP contribution < -0.4 is 5.30 Å². The van der Waals surface area contributed by atoms with E-state index in [0.29, 0.717) is 0 Å². The summed E-state index contributed by atoms with van der Waals surface area (Å²) < 4.78 is 13.3. The van der Waals surface area contributed by atoms with E-state index in [2.05, 4.69) is 21.0 Å². The van der Waals surface area contributed by atoms with Crippen molar-refractivity contribution < 1.29 is 4.57 Å². The van der Waals surface area contributed by atoms with E-state index < -0.39 is 7.14 Å². The number of aromatic amines is 2. The first-order chi connectivity index (χ1) is 12.7. The lowest BCUT2D eigenvalue weighted by Gasteiger charge is -2.18. The first-order valence-corrected chi connectivity index (χ1v) is 10.2. The third kappa shape index (κ3) is 1.42. The molecule has 0 saturated carbocycles. The van der Waals surface area contributed by atoms with Crippen molar-refractivity contribution in [2.45, 2.75) is 0 Å². The second kappa shape index (κ2) is 3.97. The Kier molecular flexibility index (Phi) is 2.00. The highest BCUT2D eigenvalue weighted by Gasteiger charge is 2.67. The fourth-order valence-electron chi connectivity index (χ4n) is 4.13. The largest absolute Gasteiger partial charge is 0.355 e. The Morgan fingerprint density at radius 3 is 2.19 bits per heavy atom. The summed E-state index contributed by atoms with van der Waals surface area (Å²) in [5, 5.41) is 2.76. The Bertz CT molecular complexity index is 1470. The van der Waals surface area contributed by atoms with Crippen LogP contribution in [0.1, 0.15) is 22.8 Å². The van der Waals surface area contributed by atoms with Crippen LogP contribution in [0.15, 0.2) is 42.5 Å². The van der Waals surface area contributed by atoms with Gasteiger partial charge >= 0.3 is 0 Å². The zero-order chi connectivity index (χ0) is 17.0. The van der Waals surface area contributed by atoms with Gasteiger partial charge in [0, 0.05) is 22.1 Å². The summed E-state index contributed by atoms with van der Waals surface area (Å²) in [4.78, 5) is 16.1. The Morgan fingerprint density at radius 2 is 1.46 bits per heavy atom. The third-order valence-electron chi connectivity index (χ3n) is 5.32. The van der Waals surface area contributed by atoms with Crippen LogP contribution in [-0.4, -0.2) is 19.9 Å².